The molecular formula is C19H23N5O3. The van der Waals surface area contributed by atoms with Crippen molar-refractivity contribution in [1.82, 2.24) is 24.6 Å². The van der Waals surface area contributed by atoms with Crippen LogP contribution in [-0.4, -0.2) is 45.4 Å². The molecule has 142 valence electrons. The minimum absolute atomic E-state index is 0.114. The molecule has 0 N–H and O–H groups in total. The summed E-state index contributed by atoms with van der Waals surface area (Å²) in [4.78, 5) is 6.74. The molecule has 2 aromatic heterocycles. The molecule has 0 fully saturated rings. The van der Waals surface area contributed by atoms with Crippen molar-refractivity contribution in [1.29, 1.82) is 0 Å². The lowest BCUT2D eigenvalue weighted by molar-refractivity contribution is 0.155. The number of methoxy groups -OCH3 is 2. The third-order valence-electron chi connectivity index (χ3n) is 4.99. The Morgan fingerprint density at radius 3 is 2.74 bits per heavy atom. The highest BCUT2D eigenvalue weighted by atomic mass is 16.5. The molecule has 0 radical (unpaired) electrons. The second-order valence-electron chi connectivity index (χ2n) is 6.65. The van der Waals surface area contributed by atoms with Crippen LogP contribution in [0.5, 0.6) is 11.5 Å². The van der Waals surface area contributed by atoms with Gasteiger partial charge in [-0.2, -0.15) is 0 Å². The molecule has 0 amide bonds. The van der Waals surface area contributed by atoms with E-state index in [9.17, 15) is 0 Å². The van der Waals surface area contributed by atoms with E-state index in [0.29, 0.717) is 11.7 Å². The zero-order valence-electron chi connectivity index (χ0n) is 16.0. The second kappa shape index (κ2) is 7.03. The van der Waals surface area contributed by atoms with Crippen molar-refractivity contribution in [3.63, 3.8) is 0 Å². The van der Waals surface area contributed by atoms with Gasteiger partial charge in [0.15, 0.2) is 5.82 Å². The first-order chi connectivity index (χ1) is 13.1. The first kappa shape index (κ1) is 17.5. The van der Waals surface area contributed by atoms with Gasteiger partial charge >= 0.3 is 0 Å². The molecule has 4 rings (SSSR count). The van der Waals surface area contributed by atoms with Crippen LogP contribution in [0.4, 0.5) is 0 Å². The van der Waals surface area contributed by atoms with Crippen molar-refractivity contribution in [3.05, 3.63) is 41.5 Å². The summed E-state index contributed by atoms with van der Waals surface area (Å²) in [5, 5.41) is 8.72. The standard InChI is InChI=1S/C19H23N5O3/c1-12-11-27-19(20-12)18-22-21-17-13(2)23(7-8-24(17)18)10-14-5-6-15(25-3)9-16(14)26-4/h5-6,9,11,13H,7-8,10H2,1-4H3. The zero-order chi connectivity index (χ0) is 19.0. The molecule has 0 saturated heterocycles. The quantitative estimate of drug-likeness (QED) is 0.684. The van der Waals surface area contributed by atoms with Gasteiger partial charge in [0.25, 0.3) is 5.89 Å². The molecule has 0 spiro atoms. The largest absolute Gasteiger partial charge is 0.497 e. The summed E-state index contributed by atoms with van der Waals surface area (Å²) in [7, 11) is 3.33. The van der Waals surface area contributed by atoms with Crippen LogP contribution in [0.1, 0.15) is 30.0 Å². The monoisotopic (exact) mass is 369 g/mol. The number of oxazole rings is 1. The highest BCUT2D eigenvalue weighted by Gasteiger charge is 2.30. The molecule has 3 heterocycles. The smallest absolute Gasteiger partial charge is 0.265 e. The Balaban J connectivity index is 1.58. The van der Waals surface area contributed by atoms with Gasteiger partial charge in [0.05, 0.1) is 26.0 Å². The lowest BCUT2D eigenvalue weighted by Crippen LogP contribution is -2.36. The predicted octanol–water partition coefficient (Wildman–Crippen LogP) is 2.84. The van der Waals surface area contributed by atoms with E-state index in [1.54, 1.807) is 20.5 Å². The maximum Gasteiger partial charge on any atom is 0.265 e. The van der Waals surface area contributed by atoms with Crippen molar-refractivity contribution in [2.24, 2.45) is 0 Å². The number of benzene rings is 1. The molecule has 1 atom stereocenters. The lowest BCUT2D eigenvalue weighted by Gasteiger charge is -2.33. The van der Waals surface area contributed by atoms with Gasteiger partial charge in [-0.15, -0.1) is 10.2 Å². The van der Waals surface area contributed by atoms with Crippen LogP contribution >= 0.6 is 0 Å². The lowest BCUT2D eigenvalue weighted by atomic mass is 10.1. The maximum atomic E-state index is 5.54. The molecule has 8 heteroatoms. The van der Waals surface area contributed by atoms with Crippen molar-refractivity contribution in [3.8, 4) is 23.2 Å². The van der Waals surface area contributed by atoms with Crippen LogP contribution in [0.3, 0.4) is 0 Å². The Morgan fingerprint density at radius 1 is 1.19 bits per heavy atom. The molecule has 1 aromatic carbocycles. The van der Waals surface area contributed by atoms with E-state index >= 15 is 0 Å². The van der Waals surface area contributed by atoms with E-state index in [1.165, 1.54) is 0 Å². The maximum absolute atomic E-state index is 5.54. The Labute approximate surface area is 157 Å². The highest BCUT2D eigenvalue weighted by Crippen LogP contribution is 2.32. The van der Waals surface area contributed by atoms with Crippen molar-refractivity contribution < 1.29 is 13.9 Å². The number of hydrogen-bond acceptors (Lipinski definition) is 7. The topological polar surface area (TPSA) is 78.4 Å². The van der Waals surface area contributed by atoms with Gasteiger partial charge in [0.2, 0.25) is 5.82 Å². The number of hydrogen-bond donors (Lipinski definition) is 0. The third-order valence-corrected chi connectivity index (χ3v) is 4.99. The summed E-state index contributed by atoms with van der Waals surface area (Å²) < 4.78 is 18.4. The van der Waals surface area contributed by atoms with Crippen molar-refractivity contribution in [2.45, 2.75) is 33.0 Å². The Hall–Kier alpha value is -2.87. The van der Waals surface area contributed by atoms with Crippen molar-refractivity contribution in [2.75, 3.05) is 20.8 Å². The predicted molar refractivity (Wildman–Crippen MR) is 98.6 cm³/mol. The summed E-state index contributed by atoms with van der Waals surface area (Å²) in [6.45, 7) is 6.44. The number of rotatable bonds is 5. The first-order valence-corrected chi connectivity index (χ1v) is 8.91. The van der Waals surface area contributed by atoms with E-state index < -0.39 is 0 Å². The summed E-state index contributed by atoms with van der Waals surface area (Å²) in [6, 6.07) is 6.03. The number of ether oxygens (including phenoxy) is 2. The van der Waals surface area contributed by atoms with E-state index in [1.807, 2.05) is 25.1 Å². The van der Waals surface area contributed by atoms with E-state index in [-0.39, 0.29) is 6.04 Å². The minimum Gasteiger partial charge on any atom is -0.497 e. The minimum atomic E-state index is 0.114. The molecular weight excluding hydrogens is 346 g/mol. The van der Waals surface area contributed by atoms with Crippen LogP contribution in [-0.2, 0) is 13.1 Å². The molecule has 0 aliphatic carbocycles. The van der Waals surface area contributed by atoms with Gasteiger partial charge < -0.3 is 18.5 Å². The van der Waals surface area contributed by atoms with Crippen LogP contribution in [0.15, 0.2) is 28.9 Å². The summed E-state index contributed by atoms with van der Waals surface area (Å²) >= 11 is 0. The molecule has 3 aromatic rings. The molecule has 0 saturated carbocycles. The average molecular weight is 369 g/mol. The van der Waals surface area contributed by atoms with E-state index in [4.69, 9.17) is 13.9 Å². The number of aromatic nitrogens is 4. The molecule has 1 aliphatic heterocycles. The summed E-state index contributed by atoms with van der Waals surface area (Å²) in [5.74, 6) is 3.73. The molecule has 0 bridgehead atoms. The van der Waals surface area contributed by atoms with E-state index in [0.717, 1.165) is 48.2 Å². The molecule has 1 aliphatic rings. The van der Waals surface area contributed by atoms with Crippen LogP contribution < -0.4 is 9.47 Å². The Morgan fingerprint density at radius 2 is 2.04 bits per heavy atom. The van der Waals surface area contributed by atoms with E-state index in [2.05, 4.69) is 31.6 Å². The number of nitrogens with zero attached hydrogens (tertiary/aromatic N) is 5. The van der Waals surface area contributed by atoms with Crippen LogP contribution in [0.25, 0.3) is 11.7 Å². The average Bonchev–Trinajstić information content (AvgIpc) is 3.30. The molecule has 1 unspecified atom stereocenters. The van der Waals surface area contributed by atoms with Gasteiger partial charge in [0.1, 0.15) is 17.8 Å². The first-order valence-electron chi connectivity index (χ1n) is 8.91. The van der Waals surface area contributed by atoms with Gasteiger partial charge in [-0.05, 0) is 19.9 Å². The Kier molecular flexibility index (Phi) is 4.57. The summed E-state index contributed by atoms with van der Waals surface area (Å²) in [5.41, 5.74) is 1.95. The normalized spacial score (nSPS) is 17.0. The third kappa shape index (κ3) is 3.16. The molecule has 27 heavy (non-hydrogen) atoms. The SMILES string of the molecule is COc1ccc(CN2CCn3c(-c4nc(C)co4)nnc3C2C)c(OC)c1. The fraction of sp³-hybridized carbons (Fsp3) is 0.421. The number of fused-ring (bicyclic) bond motifs is 1. The van der Waals surface area contributed by atoms with Gasteiger partial charge in [-0.3, -0.25) is 4.90 Å². The fourth-order valence-corrected chi connectivity index (χ4v) is 3.46. The number of aryl methyl sites for hydroxylation is 1. The zero-order valence-corrected chi connectivity index (χ0v) is 16.0. The van der Waals surface area contributed by atoms with Crippen LogP contribution in [0.2, 0.25) is 0 Å². The van der Waals surface area contributed by atoms with Crippen LogP contribution in [0, 0.1) is 6.92 Å². The second-order valence-corrected chi connectivity index (χ2v) is 6.65. The van der Waals surface area contributed by atoms with Gasteiger partial charge in [0, 0.05) is 31.3 Å². The fourth-order valence-electron chi connectivity index (χ4n) is 3.46. The van der Waals surface area contributed by atoms with Gasteiger partial charge in [-0.1, -0.05) is 6.07 Å². The van der Waals surface area contributed by atoms with Gasteiger partial charge in [-0.25, -0.2) is 4.98 Å². The highest BCUT2D eigenvalue weighted by molar-refractivity contribution is 5.42. The summed E-state index contributed by atoms with van der Waals surface area (Å²) in [6.07, 6.45) is 1.63. The molecule has 8 nitrogen and oxygen atoms in total. The van der Waals surface area contributed by atoms with Crippen molar-refractivity contribution >= 4 is 0 Å². The Bertz CT molecular complexity index is 949.